The largest absolute Gasteiger partial charge is 0.332 e. The molecule has 0 radical (unpaired) electrons. The molecule has 0 unspecified atom stereocenters. The smallest absolute Gasteiger partial charge is 0.319 e. The van der Waals surface area contributed by atoms with E-state index in [1.165, 1.54) is 44.1 Å². The minimum absolute atomic E-state index is 0.0238. The van der Waals surface area contributed by atoms with Gasteiger partial charge in [-0.3, -0.25) is 0 Å². The van der Waals surface area contributed by atoms with Crippen LogP contribution in [0.4, 0.5) is 10.5 Å². The highest BCUT2D eigenvalue weighted by molar-refractivity contribution is 5.89. The van der Waals surface area contributed by atoms with E-state index >= 15 is 0 Å². The first kappa shape index (κ1) is 15.0. The van der Waals surface area contributed by atoms with Crippen LogP contribution in [0.5, 0.6) is 0 Å². The zero-order valence-corrected chi connectivity index (χ0v) is 14.3. The van der Waals surface area contributed by atoms with Crippen molar-refractivity contribution in [2.75, 3.05) is 5.32 Å². The summed E-state index contributed by atoms with van der Waals surface area (Å²) in [4.78, 5) is 12.5. The number of benzene rings is 1. The minimum atomic E-state index is -0.0238. The normalized spacial score (nSPS) is 34.7. The maximum atomic E-state index is 12.5. The number of rotatable bonds is 3. The zero-order chi connectivity index (χ0) is 16.0. The van der Waals surface area contributed by atoms with Crippen molar-refractivity contribution in [1.29, 1.82) is 0 Å². The van der Waals surface area contributed by atoms with Gasteiger partial charge in [-0.1, -0.05) is 26.0 Å². The standard InChI is InChI=1S/C20H28N2O/c1-13(2)17-3-5-18(6-4-17)21-19(23)22-20-10-14-7-15(11-20)9-16(8-14)12-20/h3-6,13-16H,7-12H2,1-2H3,(H2,21,22,23). The molecule has 4 saturated carbocycles. The molecular formula is C20H28N2O. The van der Waals surface area contributed by atoms with Gasteiger partial charge in [-0.25, -0.2) is 4.79 Å². The molecule has 1 aromatic rings. The van der Waals surface area contributed by atoms with Crippen LogP contribution in [0, 0.1) is 17.8 Å². The Bertz CT molecular complexity index is 555. The predicted octanol–water partition coefficient (Wildman–Crippen LogP) is 4.90. The molecule has 0 atom stereocenters. The second kappa shape index (κ2) is 5.54. The Morgan fingerprint density at radius 3 is 2.00 bits per heavy atom. The summed E-state index contributed by atoms with van der Waals surface area (Å²) >= 11 is 0. The molecular weight excluding hydrogens is 284 g/mol. The lowest BCUT2D eigenvalue weighted by molar-refractivity contribution is -0.0127. The second-order valence-electron chi connectivity index (χ2n) is 8.55. The molecule has 2 N–H and O–H groups in total. The van der Waals surface area contributed by atoms with Crippen LogP contribution >= 0.6 is 0 Å². The van der Waals surface area contributed by atoms with Gasteiger partial charge in [0.2, 0.25) is 0 Å². The number of anilines is 1. The summed E-state index contributed by atoms with van der Waals surface area (Å²) in [5, 5.41) is 6.39. The summed E-state index contributed by atoms with van der Waals surface area (Å²) < 4.78 is 0. The number of amides is 2. The first-order valence-corrected chi connectivity index (χ1v) is 9.20. The van der Waals surface area contributed by atoms with E-state index in [-0.39, 0.29) is 11.6 Å². The Kier molecular flexibility index (Phi) is 3.62. The van der Waals surface area contributed by atoms with Crippen molar-refractivity contribution >= 4 is 11.7 Å². The van der Waals surface area contributed by atoms with E-state index in [0.717, 1.165) is 23.4 Å². The van der Waals surface area contributed by atoms with Gasteiger partial charge >= 0.3 is 6.03 Å². The van der Waals surface area contributed by atoms with Crippen molar-refractivity contribution < 1.29 is 4.79 Å². The van der Waals surface area contributed by atoms with Crippen molar-refractivity contribution in [2.45, 2.75) is 63.8 Å². The maximum Gasteiger partial charge on any atom is 0.319 e. The van der Waals surface area contributed by atoms with Crippen molar-refractivity contribution in [2.24, 2.45) is 17.8 Å². The fourth-order valence-corrected chi connectivity index (χ4v) is 5.62. The first-order valence-electron chi connectivity index (χ1n) is 9.20. The van der Waals surface area contributed by atoms with Crippen LogP contribution in [0.1, 0.15) is 63.9 Å². The molecule has 1 aromatic carbocycles. The molecule has 23 heavy (non-hydrogen) atoms. The lowest BCUT2D eigenvalue weighted by Gasteiger charge is -2.56. The number of hydrogen-bond acceptors (Lipinski definition) is 1. The fourth-order valence-electron chi connectivity index (χ4n) is 5.62. The minimum Gasteiger partial charge on any atom is -0.332 e. The Labute approximate surface area is 139 Å². The molecule has 3 heteroatoms. The van der Waals surface area contributed by atoms with Crippen LogP contribution in [0.15, 0.2) is 24.3 Å². The molecule has 0 saturated heterocycles. The average Bonchev–Trinajstić information content (AvgIpc) is 2.45. The molecule has 4 aliphatic rings. The molecule has 5 rings (SSSR count). The SMILES string of the molecule is CC(C)c1ccc(NC(=O)NC23CC4CC(CC(C4)C2)C3)cc1. The second-order valence-corrected chi connectivity index (χ2v) is 8.55. The van der Waals surface area contributed by atoms with E-state index in [0.29, 0.717) is 5.92 Å². The topological polar surface area (TPSA) is 41.1 Å². The third kappa shape index (κ3) is 2.98. The Hall–Kier alpha value is -1.51. The van der Waals surface area contributed by atoms with E-state index < -0.39 is 0 Å². The summed E-state index contributed by atoms with van der Waals surface area (Å²) in [5.74, 6) is 3.08. The maximum absolute atomic E-state index is 12.5. The van der Waals surface area contributed by atoms with Crippen molar-refractivity contribution in [3.05, 3.63) is 29.8 Å². The van der Waals surface area contributed by atoms with Gasteiger partial charge in [0.1, 0.15) is 0 Å². The molecule has 4 fully saturated rings. The highest BCUT2D eigenvalue weighted by Gasteiger charge is 2.51. The molecule has 124 valence electrons. The zero-order valence-electron chi connectivity index (χ0n) is 14.3. The molecule has 0 spiro atoms. The van der Waals surface area contributed by atoms with Gasteiger partial charge in [0.15, 0.2) is 0 Å². The quantitative estimate of drug-likeness (QED) is 0.819. The summed E-state index contributed by atoms with van der Waals surface area (Å²) in [6.07, 6.45) is 7.79. The van der Waals surface area contributed by atoms with Crippen LogP contribution < -0.4 is 10.6 Å². The molecule has 4 aliphatic carbocycles. The van der Waals surface area contributed by atoms with Crippen molar-refractivity contribution in [3.63, 3.8) is 0 Å². The summed E-state index contributed by atoms with van der Waals surface area (Å²) in [5.41, 5.74) is 2.27. The van der Waals surface area contributed by atoms with Crippen molar-refractivity contribution in [3.8, 4) is 0 Å². The van der Waals surface area contributed by atoms with Crippen LogP contribution in [0.3, 0.4) is 0 Å². The Morgan fingerprint density at radius 2 is 1.52 bits per heavy atom. The number of hydrogen-bond donors (Lipinski definition) is 2. The van der Waals surface area contributed by atoms with E-state index in [1.807, 2.05) is 12.1 Å². The summed E-state index contributed by atoms with van der Waals surface area (Å²) in [6.45, 7) is 4.37. The average molecular weight is 312 g/mol. The molecule has 0 aromatic heterocycles. The van der Waals surface area contributed by atoms with Gasteiger partial charge in [-0.15, -0.1) is 0 Å². The van der Waals surface area contributed by atoms with Crippen LogP contribution in [0.25, 0.3) is 0 Å². The predicted molar refractivity (Wildman–Crippen MR) is 93.6 cm³/mol. The summed E-state index contributed by atoms with van der Waals surface area (Å²) in [7, 11) is 0. The molecule has 0 heterocycles. The number of carbonyl (C=O) groups is 1. The third-order valence-electron chi connectivity index (χ3n) is 6.25. The van der Waals surface area contributed by atoms with E-state index in [2.05, 4.69) is 36.6 Å². The monoisotopic (exact) mass is 312 g/mol. The lowest BCUT2D eigenvalue weighted by Crippen LogP contribution is -2.60. The van der Waals surface area contributed by atoms with E-state index in [4.69, 9.17) is 0 Å². The van der Waals surface area contributed by atoms with Gasteiger partial charge in [0.25, 0.3) is 0 Å². The van der Waals surface area contributed by atoms with E-state index in [1.54, 1.807) is 0 Å². The van der Waals surface area contributed by atoms with E-state index in [9.17, 15) is 4.79 Å². The van der Waals surface area contributed by atoms with Gasteiger partial charge in [0, 0.05) is 11.2 Å². The molecule has 3 nitrogen and oxygen atoms in total. The van der Waals surface area contributed by atoms with Gasteiger partial charge < -0.3 is 10.6 Å². The Morgan fingerprint density at radius 1 is 1.00 bits per heavy atom. The summed E-state index contributed by atoms with van der Waals surface area (Å²) in [6, 6.07) is 8.20. The molecule has 0 aliphatic heterocycles. The fraction of sp³-hybridized carbons (Fsp3) is 0.650. The van der Waals surface area contributed by atoms with Crippen LogP contribution in [-0.4, -0.2) is 11.6 Å². The third-order valence-corrected chi connectivity index (χ3v) is 6.25. The van der Waals surface area contributed by atoms with Crippen LogP contribution in [0.2, 0.25) is 0 Å². The number of carbonyl (C=O) groups excluding carboxylic acids is 1. The number of urea groups is 1. The van der Waals surface area contributed by atoms with Gasteiger partial charge in [-0.2, -0.15) is 0 Å². The highest BCUT2D eigenvalue weighted by atomic mass is 16.2. The van der Waals surface area contributed by atoms with Gasteiger partial charge in [0.05, 0.1) is 0 Å². The first-order chi connectivity index (χ1) is 11.0. The lowest BCUT2D eigenvalue weighted by atomic mass is 9.53. The highest BCUT2D eigenvalue weighted by Crippen LogP contribution is 2.55. The molecule has 4 bridgehead atoms. The number of nitrogens with one attached hydrogen (secondary N) is 2. The van der Waals surface area contributed by atoms with Crippen molar-refractivity contribution in [1.82, 2.24) is 5.32 Å². The Balaban J connectivity index is 1.40. The molecule has 2 amide bonds. The van der Waals surface area contributed by atoms with Gasteiger partial charge in [-0.05, 0) is 79.9 Å². The van der Waals surface area contributed by atoms with Crippen LogP contribution in [-0.2, 0) is 0 Å².